The third-order valence-electron chi connectivity index (χ3n) is 10.4. The molecule has 0 saturated heterocycles. The van der Waals surface area contributed by atoms with Crippen LogP contribution in [0.2, 0.25) is 0 Å². The summed E-state index contributed by atoms with van der Waals surface area (Å²) in [6.45, 7) is 0. The maximum Gasteiger partial charge on any atom is 0.305 e. The van der Waals surface area contributed by atoms with Gasteiger partial charge in [0, 0.05) is 66.5 Å². The zero-order valence-corrected chi connectivity index (χ0v) is 35.1. The number of anilines is 6. The van der Waals surface area contributed by atoms with E-state index in [1.165, 1.54) is 44.9 Å². The van der Waals surface area contributed by atoms with Crippen LogP contribution in [-0.2, 0) is 31.9 Å². The highest BCUT2D eigenvalue weighted by molar-refractivity contribution is 7.25. The topological polar surface area (TPSA) is 59.1 Å². The molecule has 2 aromatic heterocycles. The number of ether oxygens (including phenoxy) is 2. The van der Waals surface area contributed by atoms with Crippen LogP contribution in [0.5, 0.6) is 0 Å². The lowest BCUT2D eigenvalue weighted by atomic mass is 10.1. The lowest BCUT2D eigenvalue weighted by Gasteiger charge is -2.25. The van der Waals surface area contributed by atoms with Crippen molar-refractivity contribution in [3.8, 4) is 30.6 Å². The number of hydrogen-bond acceptors (Lipinski definition) is 8. The number of benzene rings is 6. The zero-order chi connectivity index (χ0) is 41.3. The van der Waals surface area contributed by atoms with Gasteiger partial charge in [-0.05, 0) is 132 Å². The number of nitrogens with zero attached hydrogens (tertiary/aromatic N) is 2. The van der Waals surface area contributed by atoms with Crippen LogP contribution in [0.3, 0.4) is 0 Å². The first kappa shape index (κ1) is 40.1. The standard InChI is InChI=1S/C52H44N2O4S2/c1-57-51(55)35-17-37-13-23-43(24-14-37)53(41-9-5-3-6-10-41)45-27-19-39(20-28-45)47-31-33-49(59-47)50-34-32-48(60-50)40-21-29-46(30-22-40)54(42-11-7-4-8-12-42)44-25-15-38(16-26-44)18-36-52(56)58-2/h3-16,19-34H,17-18,35-36H2,1-2H3. The third-order valence-corrected chi connectivity index (χ3v) is 12.8. The normalized spacial score (nSPS) is 10.9. The average Bonchev–Trinajstić information content (AvgIpc) is 4.01. The largest absolute Gasteiger partial charge is 0.469 e. The molecule has 0 bridgehead atoms. The van der Waals surface area contributed by atoms with Gasteiger partial charge in [0.25, 0.3) is 0 Å². The van der Waals surface area contributed by atoms with Gasteiger partial charge in [-0.1, -0.05) is 84.9 Å². The van der Waals surface area contributed by atoms with Crippen molar-refractivity contribution in [1.82, 2.24) is 0 Å². The fraction of sp³-hybridized carbons (Fsp3) is 0.115. The number of methoxy groups -OCH3 is 2. The van der Waals surface area contributed by atoms with Gasteiger partial charge in [-0.3, -0.25) is 9.59 Å². The molecular weight excluding hydrogens is 781 g/mol. The molecule has 0 aliphatic heterocycles. The van der Waals surface area contributed by atoms with E-state index in [1.54, 1.807) is 22.7 Å². The van der Waals surface area contributed by atoms with E-state index >= 15 is 0 Å². The summed E-state index contributed by atoms with van der Waals surface area (Å²) >= 11 is 3.61. The Morgan fingerprint density at radius 3 is 1.02 bits per heavy atom. The van der Waals surface area contributed by atoms with Crippen molar-refractivity contribution in [2.45, 2.75) is 25.7 Å². The Kier molecular flexibility index (Phi) is 12.6. The van der Waals surface area contributed by atoms with Crippen molar-refractivity contribution in [2.75, 3.05) is 24.0 Å². The first-order valence-electron chi connectivity index (χ1n) is 19.9. The van der Waals surface area contributed by atoms with Crippen molar-refractivity contribution in [3.05, 3.63) is 193 Å². The molecule has 0 aliphatic carbocycles. The van der Waals surface area contributed by atoms with Crippen molar-refractivity contribution < 1.29 is 19.1 Å². The molecule has 0 fully saturated rings. The van der Waals surface area contributed by atoms with Crippen molar-refractivity contribution in [1.29, 1.82) is 0 Å². The minimum Gasteiger partial charge on any atom is -0.469 e. The summed E-state index contributed by atoms with van der Waals surface area (Å²) in [5, 5.41) is 0. The molecule has 6 aromatic carbocycles. The van der Waals surface area contributed by atoms with Crippen LogP contribution < -0.4 is 9.80 Å². The number of carbonyl (C=O) groups excluding carboxylic acids is 2. The predicted molar refractivity (Wildman–Crippen MR) is 249 cm³/mol. The third kappa shape index (κ3) is 9.42. The number of para-hydroxylation sites is 2. The predicted octanol–water partition coefficient (Wildman–Crippen LogP) is 14.0. The fourth-order valence-corrected chi connectivity index (χ4v) is 9.28. The molecule has 0 amide bonds. The summed E-state index contributed by atoms with van der Waals surface area (Å²) in [4.78, 5) is 32.8. The van der Waals surface area contributed by atoms with Crippen LogP contribution >= 0.6 is 22.7 Å². The van der Waals surface area contributed by atoms with Gasteiger partial charge in [0.05, 0.1) is 14.2 Å². The van der Waals surface area contributed by atoms with E-state index in [1.807, 2.05) is 12.1 Å². The van der Waals surface area contributed by atoms with E-state index in [0.29, 0.717) is 25.7 Å². The van der Waals surface area contributed by atoms with Crippen LogP contribution in [0.1, 0.15) is 24.0 Å². The van der Waals surface area contributed by atoms with Crippen molar-refractivity contribution >= 4 is 68.7 Å². The van der Waals surface area contributed by atoms with Gasteiger partial charge < -0.3 is 19.3 Å². The Labute approximate surface area is 359 Å². The van der Waals surface area contributed by atoms with Crippen LogP contribution in [0, 0.1) is 0 Å². The molecule has 8 heteroatoms. The Morgan fingerprint density at radius 2 is 0.683 bits per heavy atom. The van der Waals surface area contributed by atoms with E-state index in [9.17, 15) is 9.59 Å². The lowest BCUT2D eigenvalue weighted by Crippen LogP contribution is -2.10. The second-order valence-corrected chi connectivity index (χ2v) is 16.4. The zero-order valence-electron chi connectivity index (χ0n) is 33.5. The molecular formula is C52H44N2O4S2. The summed E-state index contributed by atoms with van der Waals surface area (Å²) < 4.78 is 9.64. The molecule has 298 valence electrons. The van der Waals surface area contributed by atoms with E-state index in [2.05, 4.69) is 180 Å². The number of esters is 2. The molecule has 8 aromatic rings. The summed E-state index contributed by atoms with van der Waals surface area (Å²) in [6, 6.07) is 63.9. The highest BCUT2D eigenvalue weighted by atomic mass is 32.1. The molecule has 2 heterocycles. The van der Waals surface area contributed by atoms with Gasteiger partial charge in [0.1, 0.15) is 0 Å². The van der Waals surface area contributed by atoms with E-state index < -0.39 is 0 Å². The van der Waals surface area contributed by atoms with Crippen molar-refractivity contribution in [3.63, 3.8) is 0 Å². The maximum atomic E-state index is 11.7. The molecule has 0 saturated carbocycles. The minimum absolute atomic E-state index is 0.201. The highest BCUT2D eigenvalue weighted by Gasteiger charge is 2.16. The first-order valence-corrected chi connectivity index (χ1v) is 21.5. The molecule has 8 rings (SSSR count). The molecule has 60 heavy (non-hydrogen) atoms. The number of aryl methyl sites for hydroxylation is 2. The summed E-state index contributed by atoms with van der Waals surface area (Å²) in [5.74, 6) is -0.403. The molecule has 0 N–H and O–H groups in total. The highest BCUT2D eigenvalue weighted by Crippen LogP contribution is 2.43. The number of hydrogen-bond donors (Lipinski definition) is 0. The number of thiophene rings is 2. The van der Waals surface area contributed by atoms with E-state index in [4.69, 9.17) is 9.47 Å². The number of rotatable bonds is 15. The SMILES string of the molecule is COC(=O)CCc1ccc(N(c2ccccc2)c2ccc(-c3ccc(-c4ccc(-c5ccc(N(c6ccccc6)c6ccc(CCC(=O)OC)cc6)cc5)s4)s3)cc2)cc1. The first-order chi connectivity index (χ1) is 29.4. The van der Waals surface area contributed by atoms with Crippen molar-refractivity contribution in [2.24, 2.45) is 0 Å². The number of carbonyl (C=O) groups is 2. The quantitative estimate of drug-likeness (QED) is 0.0960. The van der Waals surface area contributed by atoms with Gasteiger partial charge in [-0.25, -0.2) is 0 Å². The lowest BCUT2D eigenvalue weighted by molar-refractivity contribution is -0.141. The van der Waals surface area contributed by atoms with Gasteiger partial charge in [-0.2, -0.15) is 0 Å². The molecule has 6 nitrogen and oxygen atoms in total. The Bertz CT molecular complexity index is 2450. The van der Waals surface area contributed by atoms with Crippen LogP contribution in [0.25, 0.3) is 30.6 Å². The molecule has 0 aliphatic rings. The molecule has 0 spiro atoms. The maximum absolute atomic E-state index is 11.7. The Balaban J connectivity index is 0.977. The monoisotopic (exact) mass is 824 g/mol. The molecule has 0 radical (unpaired) electrons. The minimum atomic E-state index is -0.201. The van der Waals surface area contributed by atoms with Crippen LogP contribution in [0.15, 0.2) is 182 Å². The Morgan fingerprint density at radius 1 is 0.383 bits per heavy atom. The fourth-order valence-electron chi connectivity index (χ4n) is 7.17. The van der Waals surface area contributed by atoms with Crippen LogP contribution in [0.4, 0.5) is 34.1 Å². The van der Waals surface area contributed by atoms with Gasteiger partial charge in [0.2, 0.25) is 0 Å². The summed E-state index contributed by atoms with van der Waals surface area (Å²) in [7, 11) is 2.85. The second-order valence-electron chi connectivity index (χ2n) is 14.2. The Hall–Kier alpha value is -6.74. The molecule has 0 atom stereocenters. The molecule has 0 unspecified atom stereocenters. The summed E-state index contributed by atoms with van der Waals surface area (Å²) in [6.07, 6.45) is 2.01. The van der Waals surface area contributed by atoms with Gasteiger partial charge in [-0.15, -0.1) is 22.7 Å². The smallest absolute Gasteiger partial charge is 0.305 e. The van der Waals surface area contributed by atoms with E-state index in [-0.39, 0.29) is 11.9 Å². The van der Waals surface area contributed by atoms with Crippen LogP contribution in [-0.4, -0.2) is 26.2 Å². The second kappa shape index (κ2) is 18.9. The summed E-state index contributed by atoms with van der Waals surface area (Å²) in [5.41, 5.74) is 10.9. The van der Waals surface area contributed by atoms with E-state index in [0.717, 1.165) is 45.3 Å². The van der Waals surface area contributed by atoms with Gasteiger partial charge >= 0.3 is 11.9 Å². The average molecular weight is 825 g/mol. The van der Waals surface area contributed by atoms with Gasteiger partial charge in [0.15, 0.2) is 0 Å².